The molecule has 0 fully saturated rings. The van der Waals surface area contributed by atoms with E-state index < -0.39 is 6.49 Å². The van der Waals surface area contributed by atoms with Crippen LogP contribution in [0.3, 0.4) is 0 Å². The Morgan fingerprint density at radius 1 is 1.27 bits per heavy atom. The van der Waals surface area contributed by atoms with Crippen LogP contribution in [0.5, 0.6) is 0 Å². The molecule has 0 saturated carbocycles. The summed E-state index contributed by atoms with van der Waals surface area (Å²) in [5.41, 5.74) is -0.0441. The largest absolute Gasteiger partial charge is 0.801 e. The summed E-state index contributed by atoms with van der Waals surface area (Å²) in [6.45, 7) is 5.25. The predicted octanol–water partition coefficient (Wildman–Crippen LogP) is 2.86. The molecular formula is C10H21O2PSY-2. The summed E-state index contributed by atoms with van der Waals surface area (Å²) in [5, 5.41) is 0. The minimum Gasteiger partial charge on any atom is -0.801 e. The van der Waals surface area contributed by atoms with Crippen LogP contribution in [0.2, 0.25) is 0 Å². The van der Waals surface area contributed by atoms with Crippen molar-refractivity contribution in [2.24, 2.45) is 0 Å². The summed E-state index contributed by atoms with van der Waals surface area (Å²) in [6, 6.07) is 0. The Bertz CT molecular complexity index is 188. The van der Waals surface area contributed by atoms with Crippen molar-refractivity contribution in [3.8, 4) is 0 Å². The van der Waals surface area contributed by atoms with Crippen molar-refractivity contribution in [3.05, 3.63) is 6.92 Å². The molecule has 1 radical (unpaired) electrons. The molecule has 0 spiro atoms. The van der Waals surface area contributed by atoms with Gasteiger partial charge < -0.3 is 16.3 Å². The van der Waals surface area contributed by atoms with Crippen molar-refractivity contribution in [2.45, 2.75) is 51.6 Å². The van der Waals surface area contributed by atoms with E-state index in [1.807, 2.05) is 13.8 Å². The van der Waals surface area contributed by atoms with E-state index in [1.54, 1.807) is 0 Å². The van der Waals surface area contributed by atoms with Crippen LogP contribution in [-0.2, 0) is 49.0 Å². The Morgan fingerprint density at radius 3 is 2.27 bits per heavy atom. The quantitative estimate of drug-likeness (QED) is 0.391. The maximum Gasteiger partial charge on any atom is 0.0502 e. The molecule has 0 aromatic rings. The topological polar surface area (TPSA) is 32.3 Å². The van der Waals surface area contributed by atoms with E-state index >= 15 is 0 Å². The van der Waals surface area contributed by atoms with E-state index in [-0.39, 0.29) is 38.4 Å². The summed E-state index contributed by atoms with van der Waals surface area (Å²) in [7, 11) is 0. The molecule has 0 bridgehead atoms. The molecule has 0 amide bonds. The average molecular weight is 325 g/mol. The van der Waals surface area contributed by atoms with Crippen LogP contribution in [0.1, 0.15) is 46.0 Å². The third kappa shape index (κ3) is 10.5. The first kappa shape index (κ1) is 19.0. The van der Waals surface area contributed by atoms with Crippen LogP contribution in [0, 0.1) is 6.92 Å². The summed E-state index contributed by atoms with van der Waals surface area (Å²) in [4.78, 5) is 11.6. The van der Waals surface area contributed by atoms with Crippen LogP contribution >= 0.6 is 6.49 Å². The van der Waals surface area contributed by atoms with Gasteiger partial charge in [-0.3, -0.25) is 0 Å². The number of hydrogen-bond acceptors (Lipinski definition) is 3. The molecule has 0 aromatic heterocycles. The van der Waals surface area contributed by atoms with Crippen LogP contribution < -0.4 is 4.89 Å². The molecule has 0 aromatic carbocycles. The Labute approximate surface area is 125 Å². The maximum atomic E-state index is 11.6. The Balaban J connectivity index is 0. The van der Waals surface area contributed by atoms with E-state index in [9.17, 15) is 4.89 Å². The van der Waals surface area contributed by atoms with Gasteiger partial charge in [-0.1, -0.05) is 44.9 Å². The van der Waals surface area contributed by atoms with Gasteiger partial charge >= 0.3 is 0 Å². The summed E-state index contributed by atoms with van der Waals surface area (Å²) < 4.78 is 5.23. The van der Waals surface area contributed by atoms with Crippen molar-refractivity contribution in [2.75, 3.05) is 6.61 Å². The van der Waals surface area contributed by atoms with Gasteiger partial charge in [-0.25, -0.2) is 0 Å². The van der Waals surface area contributed by atoms with E-state index in [1.165, 1.54) is 6.42 Å². The van der Waals surface area contributed by atoms with Crippen LogP contribution in [-0.4, -0.2) is 12.3 Å². The van der Waals surface area contributed by atoms with Gasteiger partial charge in [-0.15, -0.1) is 0 Å². The van der Waals surface area contributed by atoms with E-state index in [0.29, 0.717) is 6.61 Å². The monoisotopic (exact) mass is 325 g/mol. The Kier molecular flexibility index (Phi) is 13.7. The summed E-state index contributed by atoms with van der Waals surface area (Å²) in [5.74, 6) is 0. The van der Waals surface area contributed by atoms with Crippen LogP contribution in [0.4, 0.5) is 0 Å². The van der Waals surface area contributed by atoms with Gasteiger partial charge in [0.1, 0.15) is 0 Å². The second-order valence-corrected chi connectivity index (χ2v) is 7.63. The number of hydrogen-bond donors (Lipinski definition) is 0. The average Bonchev–Trinajstić information content (AvgIpc) is 2.10. The number of unbranched alkanes of at least 4 members (excludes halogenated alkanes) is 4. The second kappa shape index (κ2) is 10.8. The molecule has 2 nitrogen and oxygen atoms in total. The van der Waals surface area contributed by atoms with Crippen molar-refractivity contribution in [1.29, 1.82) is 0 Å². The third-order valence-electron chi connectivity index (χ3n) is 2.05. The minimum atomic E-state index is -2.75. The van der Waals surface area contributed by atoms with E-state index in [4.69, 9.17) is 16.3 Å². The fraction of sp³-hybridized carbons (Fsp3) is 0.900. The fourth-order valence-electron chi connectivity index (χ4n) is 0.973. The molecule has 0 N–H and O–H groups in total. The molecular weight excluding hydrogens is 304 g/mol. The molecule has 1 atom stereocenters. The number of rotatable bonds is 8. The molecule has 89 valence electrons. The van der Waals surface area contributed by atoms with Crippen molar-refractivity contribution in [3.63, 3.8) is 0 Å². The summed E-state index contributed by atoms with van der Waals surface area (Å²) in [6.07, 6.45) is 5.40. The molecule has 15 heavy (non-hydrogen) atoms. The zero-order valence-corrected chi connectivity index (χ0v) is 14.3. The molecule has 0 heterocycles. The zero-order chi connectivity index (χ0) is 11.0. The molecule has 0 aliphatic rings. The SMILES string of the molecule is [CH2-]CCCCCCOP([O-])(=S)C(C)C.[Y]. The first-order chi connectivity index (χ1) is 6.50. The molecule has 0 rings (SSSR count). The third-order valence-corrected chi connectivity index (χ3v) is 5.44. The van der Waals surface area contributed by atoms with Gasteiger partial charge in [-0.2, -0.15) is 6.42 Å². The Morgan fingerprint density at radius 2 is 1.80 bits per heavy atom. The first-order valence-electron chi connectivity index (χ1n) is 5.25. The zero-order valence-electron chi connectivity index (χ0n) is 9.78. The second-order valence-electron chi connectivity index (χ2n) is 3.73. The molecule has 0 aliphatic heterocycles. The van der Waals surface area contributed by atoms with Gasteiger partial charge in [0, 0.05) is 32.7 Å². The normalized spacial score (nSPS) is 14.7. The van der Waals surface area contributed by atoms with Crippen molar-refractivity contribution < 1.29 is 42.1 Å². The fourth-order valence-corrected chi connectivity index (χ4v) is 1.88. The van der Waals surface area contributed by atoms with Gasteiger partial charge in [-0.05, 0) is 18.6 Å². The summed E-state index contributed by atoms with van der Waals surface area (Å²) >= 11 is 4.89. The predicted molar refractivity (Wildman–Crippen MR) is 63.8 cm³/mol. The van der Waals surface area contributed by atoms with Gasteiger partial charge in [0.05, 0.1) is 6.61 Å². The standard InChI is InChI=1S/C10H22O2PS.Y/c1-4-5-6-7-8-9-12-13(11,14)10(2)3;/h10H,1,4-9H2,2-3H3,(H,11,14);/q-1;/p-1. The smallest absolute Gasteiger partial charge is 0.0502 e. The molecule has 5 heteroatoms. The Hall–Kier alpha value is 1.67. The van der Waals surface area contributed by atoms with Crippen LogP contribution in [0.15, 0.2) is 0 Å². The first-order valence-corrected chi connectivity index (χ1v) is 7.96. The maximum absolute atomic E-state index is 11.6. The van der Waals surface area contributed by atoms with E-state index in [2.05, 4.69) is 6.92 Å². The molecule has 0 aliphatic carbocycles. The van der Waals surface area contributed by atoms with Gasteiger partial charge in [0.15, 0.2) is 0 Å². The minimum absolute atomic E-state index is 0. The van der Waals surface area contributed by atoms with Gasteiger partial charge in [0.2, 0.25) is 0 Å². The van der Waals surface area contributed by atoms with Crippen LogP contribution in [0.25, 0.3) is 0 Å². The van der Waals surface area contributed by atoms with Crippen molar-refractivity contribution in [1.82, 2.24) is 0 Å². The van der Waals surface area contributed by atoms with Crippen molar-refractivity contribution >= 4 is 18.3 Å². The molecule has 1 unspecified atom stereocenters. The van der Waals surface area contributed by atoms with Gasteiger partial charge in [0.25, 0.3) is 0 Å². The van der Waals surface area contributed by atoms with E-state index in [0.717, 1.165) is 25.7 Å². The molecule has 0 saturated heterocycles.